The van der Waals surface area contributed by atoms with E-state index in [9.17, 15) is 9.59 Å². The highest BCUT2D eigenvalue weighted by molar-refractivity contribution is 7.11. The van der Waals surface area contributed by atoms with E-state index in [1.54, 1.807) is 0 Å². The van der Waals surface area contributed by atoms with Gasteiger partial charge in [0.15, 0.2) is 0 Å². The topological polar surface area (TPSA) is 49.4 Å². The van der Waals surface area contributed by atoms with E-state index >= 15 is 0 Å². The lowest BCUT2D eigenvalue weighted by Crippen LogP contribution is -2.35. The lowest BCUT2D eigenvalue weighted by atomic mass is 10.1. The molecule has 3 rings (SSSR count). The second kappa shape index (κ2) is 7.23. The third-order valence-electron chi connectivity index (χ3n) is 4.11. The number of hydrogen-bond acceptors (Lipinski definition) is 4. The zero-order valence-corrected chi connectivity index (χ0v) is 15.5. The molecule has 5 heteroatoms. The van der Waals surface area contributed by atoms with E-state index in [4.69, 9.17) is 0 Å². The predicted molar refractivity (Wildman–Crippen MR) is 102 cm³/mol. The minimum absolute atomic E-state index is 0.214. The van der Waals surface area contributed by atoms with Crippen molar-refractivity contribution in [1.29, 1.82) is 0 Å². The minimum atomic E-state index is -0.248. The number of imide groups is 1. The lowest BCUT2D eigenvalue weighted by molar-refractivity contribution is -0.137. The molecule has 2 aromatic rings. The highest BCUT2D eigenvalue weighted by Crippen LogP contribution is 2.33. The standard InChI is InChI=1S/C20H22N2O2S/c1-4-14-7-9-15(10-8-14)21-18-17(16-6-5-11-25-16)19(23)22(20(18)24)12-13(2)3/h5-11,13,21H,4,12H2,1-3H3. The van der Waals surface area contributed by atoms with E-state index in [0.717, 1.165) is 17.0 Å². The summed E-state index contributed by atoms with van der Waals surface area (Å²) in [6, 6.07) is 11.7. The Kier molecular flexibility index (Phi) is 5.04. The van der Waals surface area contributed by atoms with Crippen molar-refractivity contribution < 1.29 is 9.59 Å². The van der Waals surface area contributed by atoms with E-state index < -0.39 is 0 Å². The van der Waals surface area contributed by atoms with Crippen LogP contribution in [0.25, 0.3) is 5.57 Å². The van der Waals surface area contributed by atoms with Gasteiger partial charge >= 0.3 is 0 Å². The Bertz CT molecular complexity index is 805. The van der Waals surface area contributed by atoms with Crippen LogP contribution < -0.4 is 5.32 Å². The Morgan fingerprint density at radius 1 is 1.08 bits per heavy atom. The first-order chi connectivity index (χ1) is 12.0. The van der Waals surface area contributed by atoms with Gasteiger partial charge in [-0.2, -0.15) is 0 Å². The highest BCUT2D eigenvalue weighted by Gasteiger charge is 2.39. The first-order valence-corrected chi connectivity index (χ1v) is 9.39. The number of nitrogens with zero attached hydrogens (tertiary/aromatic N) is 1. The Morgan fingerprint density at radius 3 is 2.36 bits per heavy atom. The first-order valence-electron chi connectivity index (χ1n) is 8.51. The Balaban J connectivity index is 1.98. The van der Waals surface area contributed by atoms with E-state index in [0.29, 0.717) is 17.8 Å². The zero-order chi connectivity index (χ0) is 18.0. The van der Waals surface area contributed by atoms with Crippen molar-refractivity contribution in [3.8, 4) is 0 Å². The number of carbonyl (C=O) groups excluding carboxylic acids is 2. The van der Waals surface area contributed by atoms with Gasteiger partial charge in [0.1, 0.15) is 5.70 Å². The van der Waals surface area contributed by atoms with E-state index in [1.165, 1.54) is 21.8 Å². The quantitative estimate of drug-likeness (QED) is 0.793. The number of hydrogen-bond donors (Lipinski definition) is 1. The van der Waals surface area contributed by atoms with Gasteiger partial charge in [0.25, 0.3) is 11.8 Å². The number of nitrogens with one attached hydrogen (secondary N) is 1. The van der Waals surface area contributed by atoms with Gasteiger partial charge in [0, 0.05) is 17.1 Å². The van der Waals surface area contributed by atoms with Gasteiger partial charge in [-0.3, -0.25) is 14.5 Å². The van der Waals surface area contributed by atoms with Gasteiger partial charge in [-0.25, -0.2) is 0 Å². The molecule has 2 amide bonds. The van der Waals surface area contributed by atoms with Crippen molar-refractivity contribution in [2.75, 3.05) is 11.9 Å². The Morgan fingerprint density at radius 2 is 1.80 bits per heavy atom. The van der Waals surface area contributed by atoms with Crippen LogP contribution in [0.3, 0.4) is 0 Å². The molecule has 0 unspecified atom stereocenters. The molecule has 1 aromatic carbocycles. The zero-order valence-electron chi connectivity index (χ0n) is 14.7. The summed E-state index contributed by atoms with van der Waals surface area (Å²) < 4.78 is 0. The van der Waals surface area contributed by atoms with Crippen LogP contribution in [0, 0.1) is 5.92 Å². The number of amides is 2. The lowest BCUT2D eigenvalue weighted by Gasteiger charge is -2.17. The van der Waals surface area contributed by atoms with Gasteiger partial charge in [-0.1, -0.05) is 39.0 Å². The van der Waals surface area contributed by atoms with Crippen molar-refractivity contribution in [2.24, 2.45) is 5.92 Å². The molecule has 2 heterocycles. The summed E-state index contributed by atoms with van der Waals surface area (Å²) in [5.41, 5.74) is 2.89. The second-order valence-corrected chi connectivity index (χ2v) is 7.47. The van der Waals surface area contributed by atoms with E-state index in [1.807, 2.05) is 55.6 Å². The molecule has 25 heavy (non-hydrogen) atoms. The SMILES string of the molecule is CCc1ccc(NC2=C(c3cccs3)C(=O)N(CC(C)C)C2=O)cc1. The molecular weight excluding hydrogens is 332 g/mol. The van der Waals surface area contributed by atoms with Crippen LogP contribution in [0.4, 0.5) is 5.69 Å². The molecule has 0 bridgehead atoms. The fourth-order valence-electron chi connectivity index (χ4n) is 2.84. The van der Waals surface area contributed by atoms with Gasteiger partial charge in [0.05, 0.1) is 5.57 Å². The second-order valence-electron chi connectivity index (χ2n) is 6.52. The number of thiophene rings is 1. The number of rotatable bonds is 6. The smallest absolute Gasteiger partial charge is 0.278 e. The normalized spacial score (nSPS) is 14.8. The van der Waals surface area contributed by atoms with Crippen LogP contribution >= 0.6 is 11.3 Å². The molecular formula is C20H22N2O2S. The third-order valence-corrected chi connectivity index (χ3v) is 5.00. The molecule has 0 saturated carbocycles. The summed E-state index contributed by atoms with van der Waals surface area (Å²) in [5, 5.41) is 5.10. The van der Waals surface area contributed by atoms with Gasteiger partial charge < -0.3 is 5.32 Å². The maximum atomic E-state index is 12.9. The molecule has 0 spiro atoms. The summed E-state index contributed by atoms with van der Waals surface area (Å²) in [6.07, 6.45) is 0.961. The molecule has 1 aliphatic rings. The summed E-state index contributed by atoms with van der Waals surface area (Å²) in [6.45, 7) is 6.52. The summed E-state index contributed by atoms with van der Waals surface area (Å²) in [7, 11) is 0. The average molecular weight is 354 g/mol. The monoisotopic (exact) mass is 354 g/mol. The fourth-order valence-corrected chi connectivity index (χ4v) is 3.61. The van der Waals surface area contributed by atoms with Crippen LogP contribution in [0.2, 0.25) is 0 Å². The maximum Gasteiger partial charge on any atom is 0.278 e. The number of benzene rings is 1. The highest BCUT2D eigenvalue weighted by atomic mass is 32.1. The average Bonchev–Trinajstić information content (AvgIpc) is 3.19. The predicted octanol–water partition coefficient (Wildman–Crippen LogP) is 4.16. The molecule has 0 saturated heterocycles. The van der Waals surface area contributed by atoms with Gasteiger partial charge in [-0.15, -0.1) is 11.3 Å². The van der Waals surface area contributed by atoms with Crippen molar-refractivity contribution >= 4 is 34.4 Å². The van der Waals surface area contributed by atoms with Crippen molar-refractivity contribution in [1.82, 2.24) is 4.90 Å². The summed E-state index contributed by atoms with van der Waals surface area (Å²) in [4.78, 5) is 27.9. The largest absolute Gasteiger partial charge is 0.350 e. The number of anilines is 1. The summed E-state index contributed by atoms with van der Waals surface area (Å²) >= 11 is 1.47. The number of aryl methyl sites for hydroxylation is 1. The minimum Gasteiger partial charge on any atom is -0.350 e. The van der Waals surface area contributed by atoms with Crippen molar-refractivity contribution in [3.63, 3.8) is 0 Å². The molecule has 1 aromatic heterocycles. The van der Waals surface area contributed by atoms with E-state index in [2.05, 4.69) is 12.2 Å². The molecule has 0 fully saturated rings. The molecule has 4 nitrogen and oxygen atoms in total. The van der Waals surface area contributed by atoms with Crippen LogP contribution in [-0.2, 0) is 16.0 Å². The molecule has 1 N–H and O–H groups in total. The van der Waals surface area contributed by atoms with Gasteiger partial charge in [0.2, 0.25) is 0 Å². The van der Waals surface area contributed by atoms with Crippen molar-refractivity contribution in [3.05, 3.63) is 57.9 Å². The third kappa shape index (κ3) is 3.51. The van der Waals surface area contributed by atoms with Crippen LogP contribution in [-0.4, -0.2) is 23.3 Å². The number of carbonyl (C=O) groups is 2. The van der Waals surface area contributed by atoms with E-state index in [-0.39, 0.29) is 17.7 Å². The first kappa shape index (κ1) is 17.4. The maximum absolute atomic E-state index is 12.9. The van der Waals surface area contributed by atoms with Crippen molar-refractivity contribution in [2.45, 2.75) is 27.2 Å². The Hall–Kier alpha value is -2.40. The Labute approximate surface area is 152 Å². The molecule has 1 aliphatic heterocycles. The van der Waals surface area contributed by atoms with Crippen LogP contribution in [0.1, 0.15) is 31.2 Å². The van der Waals surface area contributed by atoms with Crippen LogP contribution in [0.15, 0.2) is 47.5 Å². The molecule has 0 radical (unpaired) electrons. The molecule has 130 valence electrons. The van der Waals surface area contributed by atoms with Gasteiger partial charge in [-0.05, 0) is 41.5 Å². The molecule has 0 atom stereocenters. The van der Waals surface area contributed by atoms with Crippen LogP contribution in [0.5, 0.6) is 0 Å². The summed E-state index contributed by atoms with van der Waals surface area (Å²) in [5.74, 6) is -0.240. The fraction of sp³-hybridized carbons (Fsp3) is 0.300. The molecule has 0 aliphatic carbocycles.